The SMILES string of the molecule is Cc1ccc(CS(=O)CC(C)N)c(Cl)c1. The Morgan fingerprint density at radius 3 is 2.73 bits per heavy atom. The minimum absolute atomic E-state index is 0.0324. The Morgan fingerprint density at radius 2 is 2.20 bits per heavy atom. The standard InChI is InChI=1S/C11H16ClNOS/c1-8-3-4-10(11(12)5-8)7-15(14)6-9(2)13/h3-5,9H,6-7,13H2,1-2H3. The van der Waals surface area contributed by atoms with Crippen molar-refractivity contribution in [2.75, 3.05) is 5.75 Å². The quantitative estimate of drug-likeness (QED) is 0.884. The highest BCUT2D eigenvalue weighted by atomic mass is 35.5. The fourth-order valence-corrected chi connectivity index (χ4v) is 2.98. The summed E-state index contributed by atoms with van der Waals surface area (Å²) in [4.78, 5) is 0. The molecular formula is C11H16ClNOS. The van der Waals surface area contributed by atoms with E-state index in [1.807, 2.05) is 32.0 Å². The number of nitrogens with two attached hydrogens (primary N) is 1. The molecule has 2 atom stereocenters. The maximum atomic E-state index is 11.6. The molecule has 0 aromatic heterocycles. The number of hydrogen-bond acceptors (Lipinski definition) is 2. The molecule has 15 heavy (non-hydrogen) atoms. The molecule has 2 nitrogen and oxygen atoms in total. The molecule has 0 fully saturated rings. The maximum absolute atomic E-state index is 11.6. The highest BCUT2D eigenvalue weighted by molar-refractivity contribution is 7.84. The molecule has 0 amide bonds. The zero-order valence-corrected chi connectivity index (χ0v) is 10.6. The van der Waals surface area contributed by atoms with Gasteiger partial charge in [-0.15, -0.1) is 0 Å². The fourth-order valence-electron chi connectivity index (χ4n) is 1.29. The zero-order valence-electron chi connectivity index (χ0n) is 9.00. The van der Waals surface area contributed by atoms with Crippen molar-refractivity contribution >= 4 is 22.4 Å². The number of benzene rings is 1. The van der Waals surface area contributed by atoms with Crippen molar-refractivity contribution in [3.63, 3.8) is 0 Å². The van der Waals surface area contributed by atoms with Crippen molar-refractivity contribution in [2.45, 2.75) is 25.6 Å². The summed E-state index contributed by atoms with van der Waals surface area (Å²) in [6, 6.07) is 5.76. The first-order chi connectivity index (χ1) is 6.99. The molecule has 4 heteroatoms. The van der Waals surface area contributed by atoms with Crippen LogP contribution >= 0.6 is 11.6 Å². The van der Waals surface area contributed by atoms with Gasteiger partial charge < -0.3 is 5.73 Å². The molecule has 0 aliphatic rings. The van der Waals surface area contributed by atoms with Crippen molar-refractivity contribution in [1.29, 1.82) is 0 Å². The molecule has 1 aromatic carbocycles. The third-order valence-corrected chi connectivity index (χ3v) is 3.86. The highest BCUT2D eigenvalue weighted by Crippen LogP contribution is 2.19. The first kappa shape index (κ1) is 12.7. The molecule has 0 saturated heterocycles. The lowest BCUT2D eigenvalue weighted by molar-refractivity contribution is 0.676. The van der Waals surface area contributed by atoms with Gasteiger partial charge >= 0.3 is 0 Å². The lowest BCUT2D eigenvalue weighted by atomic mass is 10.2. The van der Waals surface area contributed by atoms with Gasteiger partial charge in [0.2, 0.25) is 0 Å². The van der Waals surface area contributed by atoms with E-state index in [-0.39, 0.29) is 6.04 Å². The van der Waals surface area contributed by atoms with Crippen LogP contribution in [0, 0.1) is 6.92 Å². The second-order valence-electron chi connectivity index (χ2n) is 3.82. The molecule has 1 rings (SSSR count). The largest absolute Gasteiger partial charge is 0.327 e. The third-order valence-electron chi connectivity index (χ3n) is 1.97. The van der Waals surface area contributed by atoms with E-state index in [2.05, 4.69) is 0 Å². The molecule has 0 radical (unpaired) electrons. The normalized spacial score (nSPS) is 14.9. The summed E-state index contributed by atoms with van der Waals surface area (Å²) >= 11 is 6.04. The molecule has 1 aromatic rings. The Kier molecular flexibility index (Phi) is 4.77. The highest BCUT2D eigenvalue weighted by Gasteiger charge is 2.07. The fraction of sp³-hybridized carbons (Fsp3) is 0.455. The van der Waals surface area contributed by atoms with Crippen molar-refractivity contribution in [2.24, 2.45) is 5.73 Å². The molecule has 0 spiro atoms. The summed E-state index contributed by atoms with van der Waals surface area (Å²) in [7, 11) is -0.927. The average Bonchev–Trinajstić information content (AvgIpc) is 2.08. The molecule has 0 aliphatic carbocycles. The molecule has 2 unspecified atom stereocenters. The Hall–Kier alpha value is -0.380. The van der Waals surface area contributed by atoms with Crippen LogP contribution in [0.3, 0.4) is 0 Å². The van der Waals surface area contributed by atoms with Crippen LogP contribution in [0.5, 0.6) is 0 Å². The second kappa shape index (κ2) is 5.64. The van der Waals surface area contributed by atoms with Gasteiger partial charge in [0.15, 0.2) is 0 Å². The Morgan fingerprint density at radius 1 is 1.53 bits per heavy atom. The number of aryl methyl sites for hydroxylation is 1. The number of halogens is 1. The van der Waals surface area contributed by atoms with Gasteiger partial charge in [0.25, 0.3) is 0 Å². The maximum Gasteiger partial charge on any atom is 0.0501 e. The van der Waals surface area contributed by atoms with Crippen molar-refractivity contribution < 1.29 is 4.21 Å². The van der Waals surface area contributed by atoms with E-state index >= 15 is 0 Å². The van der Waals surface area contributed by atoms with Crippen molar-refractivity contribution in [3.05, 3.63) is 34.3 Å². The van der Waals surface area contributed by atoms with E-state index in [9.17, 15) is 4.21 Å². The van der Waals surface area contributed by atoms with E-state index in [1.54, 1.807) is 0 Å². The van der Waals surface area contributed by atoms with Crippen LogP contribution in [0.1, 0.15) is 18.1 Å². The van der Waals surface area contributed by atoms with Crippen LogP contribution < -0.4 is 5.73 Å². The molecule has 84 valence electrons. The van der Waals surface area contributed by atoms with E-state index in [4.69, 9.17) is 17.3 Å². The van der Waals surface area contributed by atoms with Gasteiger partial charge in [-0.25, -0.2) is 0 Å². The first-order valence-corrected chi connectivity index (χ1v) is 6.71. The van der Waals surface area contributed by atoms with Crippen LogP contribution in [-0.4, -0.2) is 16.0 Å². The minimum atomic E-state index is -0.927. The smallest absolute Gasteiger partial charge is 0.0501 e. The van der Waals surface area contributed by atoms with Gasteiger partial charge in [-0.3, -0.25) is 4.21 Å². The van der Waals surface area contributed by atoms with Crippen LogP contribution in [0.2, 0.25) is 5.02 Å². The average molecular weight is 246 g/mol. The van der Waals surface area contributed by atoms with Gasteiger partial charge in [0.05, 0.1) is 5.75 Å². The first-order valence-electron chi connectivity index (χ1n) is 4.84. The summed E-state index contributed by atoms with van der Waals surface area (Å²) in [5, 5.41) is 0.688. The van der Waals surface area contributed by atoms with E-state index in [1.165, 1.54) is 0 Å². The summed E-state index contributed by atoms with van der Waals surface area (Å²) < 4.78 is 11.6. The minimum Gasteiger partial charge on any atom is -0.327 e. The van der Waals surface area contributed by atoms with Gasteiger partial charge in [0, 0.05) is 27.6 Å². The van der Waals surface area contributed by atoms with Crippen molar-refractivity contribution in [3.8, 4) is 0 Å². The molecule has 0 aliphatic heterocycles. The predicted octanol–water partition coefficient (Wildman–Crippen LogP) is 2.24. The Labute approximate surface area is 98.3 Å². The van der Waals surface area contributed by atoms with Gasteiger partial charge in [-0.05, 0) is 31.0 Å². The summed E-state index contributed by atoms with van der Waals surface area (Å²) in [5.74, 6) is 1.00. The predicted molar refractivity (Wildman–Crippen MR) is 66.6 cm³/mol. The van der Waals surface area contributed by atoms with Crippen LogP contribution in [0.25, 0.3) is 0 Å². The molecule has 0 saturated carbocycles. The summed E-state index contributed by atoms with van der Waals surface area (Å²) in [5.41, 5.74) is 7.63. The number of hydrogen-bond donors (Lipinski definition) is 1. The Balaban J connectivity index is 2.68. The third kappa shape index (κ3) is 4.33. The lowest BCUT2D eigenvalue weighted by Gasteiger charge is -2.07. The molecule has 0 heterocycles. The van der Waals surface area contributed by atoms with Gasteiger partial charge in [-0.1, -0.05) is 23.7 Å². The molecule has 0 bridgehead atoms. The van der Waals surface area contributed by atoms with Gasteiger partial charge in [-0.2, -0.15) is 0 Å². The topological polar surface area (TPSA) is 43.1 Å². The number of rotatable bonds is 4. The lowest BCUT2D eigenvalue weighted by Crippen LogP contribution is -2.23. The van der Waals surface area contributed by atoms with E-state index < -0.39 is 10.8 Å². The van der Waals surface area contributed by atoms with Crippen LogP contribution in [0.15, 0.2) is 18.2 Å². The van der Waals surface area contributed by atoms with Crippen LogP contribution in [-0.2, 0) is 16.6 Å². The summed E-state index contributed by atoms with van der Waals surface area (Å²) in [6.45, 7) is 3.84. The van der Waals surface area contributed by atoms with E-state index in [0.717, 1.165) is 11.1 Å². The molecule has 2 N–H and O–H groups in total. The monoisotopic (exact) mass is 245 g/mol. The van der Waals surface area contributed by atoms with Gasteiger partial charge in [0.1, 0.15) is 0 Å². The summed E-state index contributed by atoms with van der Waals surface area (Å²) in [6.07, 6.45) is 0. The molecular weight excluding hydrogens is 230 g/mol. The zero-order chi connectivity index (χ0) is 11.4. The van der Waals surface area contributed by atoms with E-state index in [0.29, 0.717) is 16.5 Å². The second-order valence-corrected chi connectivity index (χ2v) is 5.73. The van der Waals surface area contributed by atoms with Crippen LogP contribution in [0.4, 0.5) is 0 Å². The van der Waals surface area contributed by atoms with Crippen molar-refractivity contribution in [1.82, 2.24) is 0 Å². The Bertz CT molecular complexity index is 366.